The summed E-state index contributed by atoms with van der Waals surface area (Å²) >= 11 is 0. The molecule has 1 N–H and O–H groups in total. The number of aromatic amines is 1. The van der Waals surface area contributed by atoms with Crippen molar-refractivity contribution >= 4 is 9.84 Å². The third-order valence-electron chi connectivity index (χ3n) is 2.98. The van der Waals surface area contributed by atoms with Crippen molar-refractivity contribution in [2.24, 2.45) is 0 Å². The Bertz CT molecular complexity index is 914. The number of aromatic nitrogens is 3. The Labute approximate surface area is 138 Å². The fourth-order valence-electron chi connectivity index (χ4n) is 1.79. The number of H-pyrrole nitrogens is 1. The smallest absolute Gasteiger partial charge is 0.409 e. The van der Waals surface area contributed by atoms with Gasteiger partial charge in [0.1, 0.15) is 10.6 Å². The van der Waals surface area contributed by atoms with Gasteiger partial charge in [-0.2, -0.15) is 17.6 Å². The van der Waals surface area contributed by atoms with Crippen LogP contribution >= 0.6 is 0 Å². The molecule has 0 saturated carbocycles. The summed E-state index contributed by atoms with van der Waals surface area (Å²) in [5.41, 5.74) is -1.16. The van der Waals surface area contributed by atoms with Gasteiger partial charge in [-0.1, -0.05) is 6.92 Å². The minimum Gasteiger partial charge on any atom is -0.409 e. The molecule has 0 saturated heterocycles. The van der Waals surface area contributed by atoms with Crippen LogP contribution in [0.5, 0.6) is 5.88 Å². The van der Waals surface area contributed by atoms with Crippen LogP contribution in [-0.4, -0.2) is 41.7 Å². The third kappa shape index (κ3) is 3.95. The van der Waals surface area contributed by atoms with Gasteiger partial charge in [-0.3, -0.25) is 4.79 Å². The van der Waals surface area contributed by atoms with E-state index in [0.29, 0.717) is 6.20 Å². The average Bonchev–Trinajstić information content (AvgIpc) is 2.54. The van der Waals surface area contributed by atoms with Gasteiger partial charge in [-0.25, -0.2) is 18.4 Å². The largest absolute Gasteiger partial charge is 0.462 e. The van der Waals surface area contributed by atoms with Crippen molar-refractivity contribution in [1.82, 2.24) is 15.0 Å². The summed E-state index contributed by atoms with van der Waals surface area (Å²) in [5.74, 6) is -1.25. The Balaban J connectivity index is 2.46. The quantitative estimate of drug-likeness (QED) is 0.767. The van der Waals surface area contributed by atoms with E-state index in [-0.39, 0.29) is 17.1 Å². The molecule has 0 bridgehead atoms. The predicted molar refractivity (Wildman–Crippen MR) is 77.4 cm³/mol. The number of rotatable bonds is 6. The van der Waals surface area contributed by atoms with Gasteiger partial charge in [0.05, 0.1) is 23.8 Å². The number of nitrogens with zero attached hydrogens (tertiary/aromatic N) is 2. The van der Waals surface area contributed by atoms with E-state index in [0.717, 1.165) is 12.3 Å². The molecule has 0 aliphatic heterocycles. The molecule has 0 aromatic carbocycles. The van der Waals surface area contributed by atoms with Crippen LogP contribution < -0.4 is 10.2 Å². The molecule has 2 aromatic heterocycles. The summed E-state index contributed by atoms with van der Waals surface area (Å²) < 4.78 is 77.7. The van der Waals surface area contributed by atoms with Crippen LogP contribution in [0.1, 0.15) is 6.92 Å². The molecule has 0 aliphatic rings. The molecule has 0 unspecified atom stereocenters. The fourth-order valence-corrected chi connectivity index (χ4v) is 2.93. The van der Waals surface area contributed by atoms with Crippen molar-refractivity contribution < 1.29 is 30.7 Å². The SMILES string of the molecule is CCS(=O)(=O)c1c(-c2cnc(OC(F)(F)C(F)F)cn2)[nH]ccc1=O. The van der Waals surface area contributed by atoms with Crippen molar-refractivity contribution in [2.75, 3.05) is 5.75 Å². The zero-order chi connectivity index (χ0) is 18.8. The van der Waals surface area contributed by atoms with E-state index >= 15 is 0 Å². The summed E-state index contributed by atoms with van der Waals surface area (Å²) in [7, 11) is -3.92. The lowest BCUT2D eigenvalue weighted by atomic mass is 10.3. The van der Waals surface area contributed by atoms with Crippen LogP contribution in [0.2, 0.25) is 0 Å². The molecule has 0 spiro atoms. The van der Waals surface area contributed by atoms with Crippen LogP contribution in [-0.2, 0) is 9.84 Å². The minimum absolute atomic E-state index is 0.169. The standard InChI is InChI=1S/C13H11F4N3O4S/c1-2-25(22,23)11-8(21)3-4-18-10(11)7-5-20-9(6-19-7)24-13(16,17)12(14)15/h3-6,12H,2H2,1H3,(H,18,21). The predicted octanol–water partition coefficient (Wildman–Crippen LogP) is 1.86. The minimum atomic E-state index is -4.76. The zero-order valence-corrected chi connectivity index (χ0v) is 13.4. The molecule has 2 rings (SSSR count). The fraction of sp³-hybridized carbons (Fsp3) is 0.308. The lowest BCUT2D eigenvalue weighted by Gasteiger charge is -2.15. The first kappa shape index (κ1) is 18.8. The van der Waals surface area contributed by atoms with Crippen LogP contribution in [0.25, 0.3) is 11.4 Å². The Morgan fingerprint density at radius 1 is 1.28 bits per heavy atom. The average molecular weight is 381 g/mol. The summed E-state index contributed by atoms with van der Waals surface area (Å²) in [6.07, 6.45) is -6.23. The number of alkyl halides is 4. The van der Waals surface area contributed by atoms with Crippen LogP contribution in [0.4, 0.5) is 17.6 Å². The van der Waals surface area contributed by atoms with Crippen molar-refractivity contribution in [1.29, 1.82) is 0 Å². The van der Waals surface area contributed by atoms with Gasteiger partial charge in [-0.05, 0) is 0 Å². The number of halogens is 4. The molecule has 0 fully saturated rings. The molecule has 2 aromatic rings. The highest BCUT2D eigenvalue weighted by molar-refractivity contribution is 7.91. The highest BCUT2D eigenvalue weighted by Gasteiger charge is 2.44. The first-order valence-corrected chi connectivity index (χ1v) is 8.35. The molecular formula is C13H11F4N3O4S. The van der Waals surface area contributed by atoms with E-state index < -0.39 is 38.6 Å². The zero-order valence-electron chi connectivity index (χ0n) is 12.5. The topological polar surface area (TPSA) is 102 Å². The van der Waals surface area contributed by atoms with Gasteiger partial charge in [0.15, 0.2) is 9.84 Å². The number of hydrogen-bond acceptors (Lipinski definition) is 6. The van der Waals surface area contributed by atoms with Gasteiger partial charge in [-0.15, -0.1) is 0 Å². The lowest BCUT2D eigenvalue weighted by molar-refractivity contribution is -0.254. The summed E-state index contributed by atoms with van der Waals surface area (Å²) in [5, 5.41) is 0. The molecule has 0 atom stereocenters. The molecule has 12 heteroatoms. The molecule has 0 radical (unpaired) electrons. The number of sulfone groups is 1. The van der Waals surface area contributed by atoms with Gasteiger partial charge in [0.2, 0.25) is 11.3 Å². The van der Waals surface area contributed by atoms with E-state index in [2.05, 4.69) is 19.7 Å². The van der Waals surface area contributed by atoms with Gasteiger partial charge < -0.3 is 9.72 Å². The van der Waals surface area contributed by atoms with E-state index in [9.17, 15) is 30.8 Å². The van der Waals surface area contributed by atoms with Crippen LogP contribution in [0.3, 0.4) is 0 Å². The van der Waals surface area contributed by atoms with Gasteiger partial charge >= 0.3 is 12.5 Å². The number of hydrogen-bond donors (Lipinski definition) is 1. The Morgan fingerprint density at radius 2 is 1.96 bits per heavy atom. The van der Waals surface area contributed by atoms with Gasteiger partial charge in [0.25, 0.3) is 0 Å². The van der Waals surface area contributed by atoms with E-state index in [1.165, 1.54) is 13.1 Å². The lowest BCUT2D eigenvalue weighted by Crippen LogP contribution is -2.33. The van der Waals surface area contributed by atoms with Crippen LogP contribution in [0.15, 0.2) is 34.3 Å². The van der Waals surface area contributed by atoms with Gasteiger partial charge in [0, 0.05) is 12.3 Å². The highest BCUT2D eigenvalue weighted by Crippen LogP contribution is 2.27. The Kier molecular flexibility index (Phi) is 5.11. The molecule has 2 heterocycles. The second-order valence-electron chi connectivity index (χ2n) is 4.65. The van der Waals surface area contributed by atoms with Crippen molar-refractivity contribution in [2.45, 2.75) is 24.4 Å². The first-order chi connectivity index (χ1) is 11.6. The van der Waals surface area contributed by atoms with Crippen LogP contribution in [0, 0.1) is 0 Å². The molecule has 0 aliphatic carbocycles. The van der Waals surface area contributed by atoms with E-state index in [1.54, 1.807) is 0 Å². The maximum absolute atomic E-state index is 12.8. The Hall–Kier alpha value is -2.50. The van der Waals surface area contributed by atoms with Crippen molar-refractivity contribution in [3.05, 3.63) is 34.9 Å². The first-order valence-electron chi connectivity index (χ1n) is 6.70. The maximum Gasteiger partial charge on any atom is 0.462 e. The number of ether oxygens (including phenoxy) is 1. The molecule has 25 heavy (non-hydrogen) atoms. The number of nitrogens with one attached hydrogen (secondary N) is 1. The second-order valence-corrected chi connectivity index (χ2v) is 6.87. The second kappa shape index (κ2) is 6.78. The molecular weight excluding hydrogens is 370 g/mol. The monoisotopic (exact) mass is 381 g/mol. The van der Waals surface area contributed by atoms with E-state index in [4.69, 9.17) is 0 Å². The summed E-state index contributed by atoms with van der Waals surface area (Å²) in [6.45, 7) is 1.33. The summed E-state index contributed by atoms with van der Waals surface area (Å²) in [4.78, 5) is 20.9. The molecule has 7 nitrogen and oxygen atoms in total. The molecule has 136 valence electrons. The molecule has 0 amide bonds. The van der Waals surface area contributed by atoms with E-state index in [1.807, 2.05) is 0 Å². The third-order valence-corrected chi connectivity index (χ3v) is 4.77. The maximum atomic E-state index is 12.8. The number of pyridine rings is 1. The van der Waals surface area contributed by atoms with Crippen molar-refractivity contribution in [3.63, 3.8) is 0 Å². The normalized spacial score (nSPS) is 12.4. The van der Waals surface area contributed by atoms with Crippen molar-refractivity contribution in [3.8, 4) is 17.3 Å². The highest BCUT2D eigenvalue weighted by atomic mass is 32.2. The summed E-state index contributed by atoms with van der Waals surface area (Å²) in [6, 6.07) is 1.00. The Morgan fingerprint density at radius 3 is 2.48 bits per heavy atom.